The number of halogens is 2. The second-order valence-corrected chi connectivity index (χ2v) is 5.96. The Kier molecular flexibility index (Phi) is 5.73. The van der Waals surface area contributed by atoms with Crippen LogP contribution in [0.2, 0.25) is 10.0 Å². The first-order valence-corrected chi connectivity index (χ1v) is 7.51. The van der Waals surface area contributed by atoms with Gasteiger partial charge in [-0.25, -0.2) is 0 Å². The molecule has 3 nitrogen and oxygen atoms in total. The predicted octanol–water partition coefficient (Wildman–Crippen LogP) is 3.62. The van der Waals surface area contributed by atoms with Gasteiger partial charge in [-0.1, -0.05) is 23.2 Å². The summed E-state index contributed by atoms with van der Waals surface area (Å²) in [7, 11) is 1.64. The van der Waals surface area contributed by atoms with Crippen molar-refractivity contribution in [1.29, 1.82) is 0 Å². The van der Waals surface area contributed by atoms with Gasteiger partial charge in [0, 0.05) is 29.2 Å². The molecule has 1 atom stereocenters. The standard InChI is InChI=1S/C15H20Cl2N2O/c1-20-7-4-15(19-5-2-14(18)3-6-19)11-8-12(16)10-13(17)9-11/h4,7-10,14-15H,2-3,5-6,18H2,1H3/t15-/m0/s1. The zero-order valence-corrected chi connectivity index (χ0v) is 13.1. The first-order chi connectivity index (χ1) is 9.60. The molecule has 1 heterocycles. The van der Waals surface area contributed by atoms with Crippen LogP contribution in [-0.4, -0.2) is 31.1 Å². The third kappa shape index (κ3) is 4.13. The molecule has 1 saturated heterocycles. The van der Waals surface area contributed by atoms with Gasteiger partial charge in [-0.05, 0) is 42.7 Å². The molecule has 0 saturated carbocycles. The summed E-state index contributed by atoms with van der Waals surface area (Å²) in [5.41, 5.74) is 7.05. The van der Waals surface area contributed by atoms with Crippen LogP contribution in [-0.2, 0) is 4.74 Å². The molecule has 1 aliphatic heterocycles. The number of benzene rings is 1. The molecule has 1 aliphatic rings. The van der Waals surface area contributed by atoms with E-state index in [0.29, 0.717) is 16.1 Å². The number of hydrogen-bond donors (Lipinski definition) is 1. The number of piperidine rings is 1. The van der Waals surface area contributed by atoms with Gasteiger partial charge in [-0.2, -0.15) is 0 Å². The number of ether oxygens (including phenoxy) is 1. The Morgan fingerprint density at radius 2 is 1.85 bits per heavy atom. The lowest BCUT2D eigenvalue weighted by atomic mass is 9.99. The highest BCUT2D eigenvalue weighted by Crippen LogP contribution is 2.30. The summed E-state index contributed by atoms with van der Waals surface area (Å²) in [6, 6.07) is 6.06. The first-order valence-electron chi connectivity index (χ1n) is 6.75. The van der Waals surface area contributed by atoms with Crippen LogP contribution >= 0.6 is 23.2 Å². The lowest BCUT2D eigenvalue weighted by Gasteiger charge is -2.35. The molecule has 0 bridgehead atoms. The van der Waals surface area contributed by atoms with Crippen molar-refractivity contribution in [2.24, 2.45) is 5.73 Å². The maximum absolute atomic E-state index is 6.11. The fraction of sp³-hybridized carbons (Fsp3) is 0.467. The van der Waals surface area contributed by atoms with Gasteiger partial charge in [0.05, 0.1) is 19.4 Å². The van der Waals surface area contributed by atoms with E-state index in [9.17, 15) is 0 Å². The predicted molar refractivity (Wildman–Crippen MR) is 84.1 cm³/mol. The summed E-state index contributed by atoms with van der Waals surface area (Å²) < 4.78 is 5.07. The van der Waals surface area contributed by atoms with Gasteiger partial charge in [0.25, 0.3) is 0 Å². The summed E-state index contributed by atoms with van der Waals surface area (Å²) in [5, 5.41) is 1.30. The Morgan fingerprint density at radius 3 is 2.40 bits per heavy atom. The maximum atomic E-state index is 6.11. The van der Waals surface area contributed by atoms with E-state index < -0.39 is 0 Å². The molecule has 1 aromatic rings. The van der Waals surface area contributed by atoms with Crippen LogP contribution in [0.5, 0.6) is 0 Å². The van der Waals surface area contributed by atoms with Crippen molar-refractivity contribution >= 4 is 23.2 Å². The van der Waals surface area contributed by atoms with Crippen LogP contribution < -0.4 is 5.73 Å². The minimum atomic E-state index is 0.110. The van der Waals surface area contributed by atoms with Crippen LogP contribution in [0.4, 0.5) is 0 Å². The average Bonchev–Trinajstić information content (AvgIpc) is 2.40. The minimum absolute atomic E-state index is 0.110. The number of nitrogens with zero attached hydrogens (tertiary/aromatic N) is 1. The van der Waals surface area contributed by atoms with Gasteiger partial charge in [-0.15, -0.1) is 0 Å². The number of methoxy groups -OCH3 is 1. The molecule has 110 valence electrons. The first kappa shape index (κ1) is 15.6. The van der Waals surface area contributed by atoms with Crippen LogP contribution in [0.25, 0.3) is 0 Å². The molecule has 0 spiro atoms. The molecule has 0 unspecified atom stereocenters. The normalized spacial score (nSPS) is 19.4. The van der Waals surface area contributed by atoms with Gasteiger partial charge in [0.15, 0.2) is 0 Å². The minimum Gasteiger partial charge on any atom is -0.505 e. The Balaban J connectivity index is 2.24. The lowest BCUT2D eigenvalue weighted by Crippen LogP contribution is -2.41. The fourth-order valence-corrected chi connectivity index (χ4v) is 3.08. The zero-order chi connectivity index (χ0) is 14.5. The van der Waals surface area contributed by atoms with E-state index in [1.165, 1.54) is 0 Å². The number of hydrogen-bond acceptors (Lipinski definition) is 3. The van der Waals surface area contributed by atoms with Crippen molar-refractivity contribution in [2.45, 2.75) is 24.9 Å². The topological polar surface area (TPSA) is 38.5 Å². The van der Waals surface area contributed by atoms with E-state index >= 15 is 0 Å². The third-order valence-electron chi connectivity index (χ3n) is 3.59. The van der Waals surface area contributed by atoms with E-state index in [1.807, 2.05) is 18.2 Å². The Labute approximate surface area is 130 Å². The van der Waals surface area contributed by atoms with Crippen LogP contribution in [0.3, 0.4) is 0 Å². The molecular formula is C15H20Cl2N2O. The van der Waals surface area contributed by atoms with Crippen LogP contribution in [0.15, 0.2) is 30.5 Å². The molecule has 1 fully saturated rings. The van der Waals surface area contributed by atoms with Crippen molar-refractivity contribution in [1.82, 2.24) is 4.90 Å². The molecule has 2 N–H and O–H groups in total. The van der Waals surface area contributed by atoms with E-state index in [-0.39, 0.29) is 6.04 Å². The van der Waals surface area contributed by atoms with Gasteiger partial charge in [0.2, 0.25) is 0 Å². The Hall–Kier alpha value is -0.740. The molecular weight excluding hydrogens is 295 g/mol. The highest BCUT2D eigenvalue weighted by atomic mass is 35.5. The number of nitrogens with two attached hydrogens (primary N) is 1. The second kappa shape index (κ2) is 7.32. The molecule has 1 aromatic carbocycles. The molecule has 0 aliphatic carbocycles. The lowest BCUT2D eigenvalue weighted by molar-refractivity contribution is 0.176. The number of rotatable bonds is 4. The van der Waals surface area contributed by atoms with Crippen molar-refractivity contribution < 1.29 is 4.74 Å². The summed E-state index contributed by atoms with van der Waals surface area (Å²) >= 11 is 12.2. The van der Waals surface area contributed by atoms with Crippen molar-refractivity contribution in [3.05, 3.63) is 46.1 Å². The van der Waals surface area contributed by atoms with Crippen LogP contribution in [0.1, 0.15) is 24.4 Å². The van der Waals surface area contributed by atoms with Crippen LogP contribution in [0, 0.1) is 0 Å². The van der Waals surface area contributed by atoms with Gasteiger partial charge < -0.3 is 10.5 Å². The summed E-state index contributed by atoms with van der Waals surface area (Å²) in [5.74, 6) is 0. The average molecular weight is 315 g/mol. The smallest absolute Gasteiger partial charge is 0.0803 e. The maximum Gasteiger partial charge on any atom is 0.0803 e. The van der Waals surface area contributed by atoms with Gasteiger partial charge in [0.1, 0.15) is 0 Å². The second-order valence-electron chi connectivity index (χ2n) is 5.09. The largest absolute Gasteiger partial charge is 0.505 e. The van der Waals surface area contributed by atoms with E-state index in [0.717, 1.165) is 31.5 Å². The summed E-state index contributed by atoms with van der Waals surface area (Å²) in [6.07, 6.45) is 5.74. The molecule has 0 aromatic heterocycles. The van der Waals surface area contributed by atoms with E-state index in [4.69, 9.17) is 33.7 Å². The monoisotopic (exact) mass is 314 g/mol. The fourth-order valence-electron chi connectivity index (χ4n) is 2.54. The van der Waals surface area contributed by atoms with Gasteiger partial charge >= 0.3 is 0 Å². The number of likely N-dealkylation sites (tertiary alicyclic amines) is 1. The quantitative estimate of drug-likeness (QED) is 0.863. The molecule has 0 radical (unpaired) electrons. The third-order valence-corrected chi connectivity index (χ3v) is 4.03. The highest BCUT2D eigenvalue weighted by Gasteiger charge is 2.23. The van der Waals surface area contributed by atoms with Gasteiger partial charge in [-0.3, -0.25) is 4.90 Å². The highest BCUT2D eigenvalue weighted by molar-refractivity contribution is 6.34. The molecule has 2 rings (SSSR count). The van der Waals surface area contributed by atoms with Crippen molar-refractivity contribution in [3.8, 4) is 0 Å². The van der Waals surface area contributed by atoms with Crippen molar-refractivity contribution in [3.63, 3.8) is 0 Å². The Bertz CT molecular complexity index is 451. The van der Waals surface area contributed by atoms with E-state index in [2.05, 4.69) is 4.90 Å². The van der Waals surface area contributed by atoms with E-state index in [1.54, 1.807) is 19.4 Å². The van der Waals surface area contributed by atoms with Crippen molar-refractivity contribution in [2.75, 3.05) is 20.2 Å². The summed E-state index contributed by atoms with van der Waals surface area (Å²) in [4.78, 5) is 2.38. The molecule has 5 heteroatoms. The Morgan fingerprint density at radius 1 is 1.25 bits per heavy atom. The molecule has 20 heavy (non-hydrogen) atoms. The molecule has 0 amide bonds. The summed E-state index contributed by atoms with van der Waals surface area (Å²) in [6.45, 7) is 1.92. The SMILES string of the molecule is COC=C[C@@H](c1cc(Cl)cc(Cl)c1)N1CCC(N)CC1. The zero-order valence-electron chi connectivity index (χ0n) is 11.6.